The summed E-state index contributed by atoms with van der Waals surface area (Å²) < 4.78 is 44.7. The van der Waals surface area contributed by atoms with E-state index in [9.17, 15) is 18.0 Å². The third kappa shape index (κ3) is 4.09. The molecule has 0 saturated heterocycles. The first kappa shape index (κ1) is 19.7. The van der Waals surface area contributed by atoms with E-state index in [0.29, 0.717) is 30.5 Å². The number of aromatic amines is 1. The van der Waals surface area contributed by atoms with E-state index in [0.717, 1.165) is 6.07 Å². The lowest BCUT2D eigenvalue weighted by molar-refractivity contribution is -0.138. The third-order valence-corrected chi connectivity index (χ3v) is 4.21. The van der Waals surface area contributed by atoms with Gasteiger partial charge in [0, 0.05) is 17.6 Å². The lowest BCUT2D eigenvalue weighted by Crippen LogP contribution is -2.11. The van der Waals surface area contributed by atoms with Crippen LogP contribution in [0.5, 0.6) is 5.75 Å². The lowest BCUT2D eigenvalue weighted by atomic mass is 10.1. The van der Waals surface area contributed by atoms with Crippen molar-refractivity contribution in [3.8, 4) is 5.75 Å². The first-order valence-corrected chi connectivity index (χ1v) is 8.57. The number of nitrogens with two attached hydrogens (primary N) is 1. The highest BCUT2D eigenvalue weighted by Gasteiger charge is 2.34. The number of aromatic nitrogens is 2. The predicted octanol–water partition coefficient (Wildman–Crippen LogP) is 3.59. The molecule has 0 bridgehead atoms. The number of nitrogens with one attached hydrogen (secondary N) is 2. The summed E-state index contributed by atoms with van der Waals surface area (Å²) in [7, 11) is 1.17. The van der Waals surface area contributed by atoms with Gasteiger partial charge in [-0.1, -0.05) is 0 Å². The van der Waals surface area contributed by atoms with Gasteiger partial charge in [-0.2, -0.15) is 13.2 Å². The monoisotopic (exact) mass is 392 g/mol. The Morgan fingerprint density at radius 2 is 2.04 bits per heavy atom. The molecule has 2 heterocycles. The van der Waals surface area contributed by atoms with Crippen molar-refractivity contribution < 1.29 is 17.9 Å². The summed E-state index contributed by atoms with van der Waals surface area (Å²) in [6, 6.07) is 7.07. The maximum absolute atomic E-state index is 13.3. The number of ether oxygens (including phenoxy) is 1. The van der Waals surface area contributed by atoms with Crippen molar-refractivity contribution in [2.45, 2.75) is 19.0 Å². The minimum Gasteiger partial charge on any atom is -0.496 e. The van der Waals surface area contributed by atoms with E-state index in [1.54, 1.807) is 12.1 Å². The Kier molecular flexibility index (Phi) is 5.55. The zero-order valence-electron chi connectivity index (χ0n) is 15.1. The molecule has 3 aromatic rings. The SMILES string of the molecule is COc1ccc(Nc2nc(CCCN)cc3cc[nH]c(=O)c23)cc1C(F)(F)F. The molecule has 1 aromatic carbocycles. The van der Waals surface area contributed by atoms with Gasteiger partial charge in [0.1, 0.15) is 11.6 Å². The first-order chi connectivity index (χ1) is 13.3. The Hall–Kier alpha value is -3.07. The topological polar surface area (TPSA) is 93.0 Å². The van der Waals surface area contributed by atoms with Crippen LogP contribution in [0.3, 0.4) is 0 Å². The van der Waals surface area contributed by atoms with Crippen molar-refractivity contribution in [2.75, 3.05) is 19.0 Å². The molecule has 3 rings (SSSR count). The maximum Gasteiger partial charge on any atom is 0.420 e. The molecule has 0 amide bonds. The van der Waals surface area contributed by atoms with Gasteiger partial charge in [0.25, 0.3) is 5.56 Å². The van der Waals surface area contributed by atoms with Crippen LogP contribution >= 0.6 is 0 Å². The molecule has 0 spiro atoms. The van der Waals surface area contributed by atoms with E-state index in [1.807, 2.05) is 0 Å². The highest BCUT2D eigenvalue weighted by molar-refractivity contribution is 5.92. The average molecular weight is 392 g/mol. The second kappa shape index (κ2) is 7.89. The molecule has 6 nitrogen and oxygen atoms in total. The molecule has 9 heteroatoms. The van der Waals surface area contributed by atoms with Crippen LogP contribution in [0.4, 0.5) is 24.7 Å². The van der Waals surface area contributed by atoms with Gasteiger partial charge in [-0.3, -0.25) is 4.79 Å². The number of halogens is 3. The zero-order chi connectivity index (χ0) is 20.3. The molecule has 148 valence electrons. The van der Waals surface area contributed by atoms with E-state index in [2.05, 4.69) is 15.3 Å². The first-order valence-electron chi connectivity index (χ1n) is 8.57. The van der Waals surface area contributed by atoms with Crippen LogP contribution in [-0.2, 0) is 12.6 Å². The van der Waals surface area contributed by atoms with Crippen LogP contribution in [0.15, 0.2) is 41.3 Å². The summed E-state index contributed by atoms with van der Waals surface area (Å²) in [5, 5.41) is 3.75. The summed E-state index contributed by atoms with van der Waals surface area (Å²) >= 11 is 0. The van der Waals surface area contributed by atoms with Gasteiger partial charge in [0.05, 0.1) is 18.1 Å². The Morgan fingerprint density at radius 1 is 1.25 bits per heavy atom. The number of alkyl halides is 3. The fraction of sp³-hybridized carbons (Fsp3) is 0.263. The smallest absolute Gasteiger partial charge is 0.420 e. The van der Waals surface area contributed by atoms with Gasteiger partial charge in [-0.25, -0.2) is 4.98 Å². The van der Waals surface area contributed by atoms with Crippen molar-refractivity contribution in [1.29, 1.82) is 0 Å². The van der Waals surface area contributed by atoms with Crippen LogP contribution in [-0.4, -0.2) is 23.6 Å². The van der Waals surface area contributed by atoms with Gasteiger partial charge in [-0.05, 0) is 55.1 Å². The predicted molar refractivity (Wildman–Crippen MR) is 101 cm³/mol. The van der Waals surface area contributed by atoms with Crippen LogP contribution in [0, 0.1) is 0 Å². The summed E-state index contributed by atoms with van der Waals surface area (Å²) in [5.74, 6) is -0.102. The minimum atomic E-state index is -4.58. The fourth-order valence-corrected chi connectivity index (χ4v) is 2.92. The lowest BCUT2D eigenvalue weighted by Gasteiger charge is -2.15. The van der Waals surface area contributed by atoms with Gasteiger partial charge in [0.2, 0.25) is 0 Å². The van der Waals surface area contributed by atoms with Gasteiger partial charge in [0.15, 0.2) is 0 Å². The summed E-state index contributed by atoms with van der Waals surface area (Å²) in [6.45, 7) is 0.477. The van der Waals surface area contributed by atoms with E-state index in [-0.39, 0.29) is 28.2 Å². The minimum absolute atomic E-state index is 0.140. The highest BCUT2D eigenvalue weighted by Crippen LogP contribution is 2.38. The summed E-state index contributed by atoms with van der Waals surface area (Å²) in [4.78, 5) is 19.3. The van der Waals surface area contributed by atoms with Gasteiger partial charge >= 0.3 is 6.18 Å². The third-order valence-electron chi connectivity index (χ3n) is 4.21. The van der Waals surface area contributed by atoms with Crippen molar-refractivity contribution in [3.63, 3.8) is 0 Å². The van der Waals surface area contributed by atoms with Crippen LogP contribution in [0.25, 0.3) is 10.8 Å². The Balaban J connectivity index is 2.10. The average Bonchev–Trinajstić information content (AvgIpc) is 2.65. The molecule has 0 fully saturated rings. The molecule has 0 atom stereocenters. The molecular formula is C19H19F3N4O2. The number of nitrogens with zero attached hydrogens (tertiary/aromatic N) is 1. The van der Waals surface area contributed by atoms with Crippen LogP contribution < -0.4 is 21.3 Å². The molecule has 0 saturated carbocycles. The number of H-pyrrole nitrogens is 1. The van der Waals surface area contributed by atoms with Crippen molar-refractivity contribution in [3.05, 3.63) is 58.1 Å². The molecule has 0 aliphatic heterocycles. The zero-order valence-corrected chi connectivity index (χ0v) is 15.1. The van der Waals surface area contributed by atoms with Gasteiger partial charge < -0.3 is 20.8 Å². The number of fused-ring (bicyclic) bond motifs is 1. The number of pyridine rings is 2. The maximum atomic E-state index is 13.3. The highest BCUT2D eigenvalue weighted by atomic mass is 19.4. The molecule has 2 aromatic heterocycles. The van der Waals surface area contributed by atoms with E-state index in [1.165, 1.54) is 25.4 Å². The van der Waals surface area contributed by atoms with E-state index < -0.39 is 11.7 Å². The van der Waals surface area contributed by atoms with E-state index in [4.69, 9.17) is 10.5 Å². The number of aryl methyl sites for hydroxylation is 1. The molecule has 4 N–H and O–H groups in total. The molecule has 0 unspecified atom stereocenters. The van der Waals surface area contributed by atoms with Crippen molar-refractivity contribution in [1.82, 2.24) is 9.97 Å². The van der Waals surface area contributed by atoms with Crippen molar-refractivity contribution >= 4 is 22.3 Å². The number of rotatable bonds is 6. The van der Waals surface area contributed by atoms with Crippen molar-refractivity contribution in [2.24, 2.45) is 5.73 Å². The Bertz CT molecular complexity index is 1050. The van der Waals surface area contributed by atoms with E-state index >= 15 is 0 Å². The number of methoxy groups -OCH3 is 1. The largest absolute Gasteiger partial charge is 0.496 e. The number of anilines is 2. The second-order valence-corrected chi connectivity index (χ2v) is 6.16. The Morgan fingerprint density at radius 3 is 2.71 bits per heavy atom. The molecule has 28 heavy (non-hydrogen) atoms. The molecule has 0 aliphatic carbocycles. The number of benzene rings is 1. The van der Waals surface area contributed by atoms with Gasteiger partial charge in [-0.15, -0.1) is 0 Å². The molecular weight excluding hydrogens is 373 g/mol. The second-order valence-electron chi connectivity index (χ2n) is 6.16. The Labute approximate surface area is 158 Å². The fourth-order valence-electron chi connectivity index (χ4n) is 2.92. The summed E-state index contributed by atoms with van der Waals surface area (Å²) in [5.41, 5.74) is 5.07. The summed E-state index contributed by atoms with van der Waals surface area (Å²) in [6.07, 6.45) is -1.79. The molecule has 0 aliphatic rings. The number of hydrogen-bond donors (Lipinski definition) is 3. The van der Waals surface area contributed by atoms with Crippen LogP contribution in [0.1, 0.15) is 17.7 Å². The molecule has 0 radical (unpaired) electrons. The standard InChI is InChI=1S/C19H19F3N4O2/c1-28-15-5-4-13(10-14(15)19(20,21)22)26-17-16-11(6-8-24-18(16)27)9-12(25-17)3-2-7-23/h4-6,8-10H,2-3,7,23H2,1H3,(H,24,27)(H,25,26). The number of hydrogen-bond acceptors (Lipinski definition) is 5. The quantitative estimate of drug-likeness (QED) is 0.596. The normalized spacial score (nSPS) is 11.6. The van der Waals surface area contributed by atoms with Crippen LogP contribution in [0.2, 0.25) is 0 Å².